The second-order valence-electron chi connectivity index (χ2n) is 3.91. The summed E-state index contributed by atoms with van der Waals surface area (Å²) in [4.78, 5) is 3.51. The molecule has 1 rings (SSSR count). The molecule has 0 bridgehead atoms. The number of sulfone groups is 1. The van der Waals surface area contributed by atoms with Gasteiger partial charge in [0.25, 0.3) is 0 Å². The first-order valence-electron chi connectivity index (χ1n) is 3.85. The molecule has 1 heterocycles. The number of nitrogens with zero attached hydrogens (tertiary/aromatic N) is 1. The van der Waals surface area contributed by atoms with Gasteiger partial charge in [-0.1, -0.05) is 0 Å². The molecule has 4 nitrogen and oxygen atoms in total. The molecule has 0 saturated heterocycles. The van der Waals surface area contributed by atoms with Crippen molar-refractivity contribution in [2.24, 2.45) is 10.7 Å². The van der Waals surface area contributed by atoms with Gasteiger partial charge < -0.3 is 5.73 Å². The molecule has 76 valence electrons. The van der Waals surface area contributed by atoms with Crippen LogP contribution in [-0.2, 0) is 9.84 Å². The Kier molecular flexibility index (Phi) is 1.95. The predicted molar refractivity (Wildman–Crippen MR) is 49.0 cm³/mol. The summed E-state index contributed by atoms with van der Waals surface area (Å²) in [6, 6.07) is 0. The number of nitrogens with two attached hydrogens (primary N) is 1. The summed E-state index contributed by atoms with van der Waals surface area (Å²) in [5.41, 5.74) is 5.39. The van der Waals surface area contributed by atoms with Gasteiger partial charge in [0, 0.05) is 0 Å². The molecular weight excluding hydrogens is 195 g/mol. The lowest BCUT2D eigenvalue weighted by Gasteiger charge is -2.33. The van der Waals surface area contributed by atoms with Crippen molar-refractivity contribution >= 4 is 15.7 Å². The fourth-order valence-electron chi connectivity index (χ4n) is 1.10. The van der Waals surface area contributed by atoms with Crippen molar-refractivity contribution < 1.29 is 12.8 Å². The fraction of sp³-hybridized carbons (Fsp3) is 0.857. The lowest BCUT2D eigenvalue weighted by molar-refractivity contribution is 0.229. The molecule has 0 saturated carbocycles. The average Bonchev–Trinajstić information content (AvgIpc) is 1.80. The van der Waals surface area contributed by atoms with E-state index in [1.165, 1.54) is 13.8 Å². The molecule has 1 atom stereocenters. The first kappa shape index (κ1) is 10.4. The number of aliphatic imine (C=N–C) groups is 1. The lowest BCUT2D eigenvalue weighted by Crippen LogP contribution is -2.54. The smallest absolute Gasteiger partial charge is 0.213 e. The normalized spacial score (nSPS) is 36.8. The summed E-state index contributed by atoms with van der Waals surface area (Å²) in [7, 11) is -3.55. The van der Waals surface area contributed by atoms with Crippen LogP contribution < -0.4 is 5.73 Å². The highest BCUT2D eigenvalue weighted by Crippen LogP contribution is 2.30. The molecule has 0 aromatic carbocycles. The molecule has 1 aliphatic heterocycles. The molecule has 1 aliphatic rings. The van der Waals surface area contributed by atoms with Crippen LogP contribution in [0.15, 0.2) is 4.99 Å². The minimum atomic E-state index is -3.55. The van der Waals surface area contributed by atoms with Crippen LogP contribution in [0.1, 0.15) is 20.8 Å². The Morgan fingerprint density at radius 1 is 1.46 bits per heavy atom. The monoisotopic (exact) mass is 208 g/mol. The quantitative estimate of drug-likeness (QED) is 0.579. The average molecular weight is 208 g/mol. The van der Waals surface area contributed by atoms with Gasteiger partial charge in [-0.25, -0.2) is 17.8 Å². The van der Waals surface area contributed by atoms with Crippen molar-refractivity contribution in [3.05, 3.63) is 0 Å². The zero-order valence-corrected chi connectivity index (χ0v) is 8.65. The minimum Gasteiger partial charge on any atom is -0.386 e. The molecule has 0 fully saturated rings. The molecule has 2 N–H and O–H groups in total. The zero-order valence-electron chi connectivity index (χ0n) is 7.83. The van der Waals surface area contributed by atoms with E-state index in [1.807, 2.05) is 0 Å². The van der Waals surface area contributed by atoms with Gasteiger partial charge in [0.15, 0.2) is 9.84 Å². The van der Waals surface area contributed by atoms with E-state index in [2.05, 4.69) is 4.99 Å². The number of hydrogen-bond donors (Lipinski definition) is 1. The van der Waals surface area contributed by atoms with Crippen LogP contribution in [0.2, 0.25) is 0 Å². The van der Waals surface area contributed by atoms with E-state index in [0.29, 0.717) is 0 Å². The summed E-state index contributed by atoms with van der Waals surface area (Å²) in [6.07, 6.45) is 0. The van der Waals surface area contributed by atoms with Gasteiger partial charge in [-0.3, -0.25) is 0 Å². The topological polar surface area (TPSA) is 72.5 Å². The molecule has 0 aliphatic carbocycles. The predicted octanol–water partition coefficient (Wildman–Crippen LogP) is 0.236. The third kappa shape index (κ3) is 1.54. The number of amidine groups is 1. The zero-order chi connectivity index (χ0) is 10.5. The van der Waals surface area contributed by atoms with Gasteiger partial charge in [0.1, 0.15) is 16.3 Å². The second-order valence-corrected chi connectivity index (χ2v) is 6.45. The highest BCUT2D eigenvalue weighted by molar-refractivity contribution is 7.93. The van der Waals surface area contributed by atoms with Gasteiger partial charge >= 0.3 is 0 Å². The van der Waals surface area contributed by atoms with Crippen LogP contribution in [0, 0.1) is 0 Å². The Labute approximate surface area is 76.9 Å². The van der Waals surface area contributed by atoms with E-state index in [1.54, 1.807) is 0 Å². The lowest BCUT2D eigenvalue weighted by atomic mass is 10.2. The van der Waals surface area contributed by atoms with Crippen LogP contribution in [0.5, 0.6) is 0 Å². The number of halogens is 1. The molecule has 13 heavy (non-hydrogen) atoms. The Bertz CT molecular complexity index is 357. The van der Waals surface area contributed by atoms with E-state index in [-0.39, 0.29) is 5.84 Å². The third-order valence-corrected chi connectivity index (χ3v) is 4.87. The number of hydrogen-bond acceptors (Lipinski definition) is 4. The Balaban J connectivity index is 3.35. The second kappa shape index (κ2) is 2.43. The van der Waals surface area contributed by atoms with Crippen LogP contribution in [0.4, 0.5) is 4.39 Å². The third-order valence-electron chi connectivity index (χ3n) is 2.20. The summed E-state index contributed by atoms with van der Waals surface area (Å²) in [5, 5.41) is 0. The van der Waals surface area contributed by atoms with Crippen LogP contribution in [0.25, 0.3) is 0 Å². The van der Waals surface area contributed by atoms with Crippen LogP contribution >= 0.6 is 0 Å². The summed E-state index contributed by atoms with van der Waals surface area (Å²) in [5.74, 6) is -2.85. The Morgan fingerprint density at radius 2 is 1.92 bits per heavy atom. The maximum atomic E-state index is 13.3. The molecule has 1 unspecified atom stereocenters. The molecule has 0 aromatic heterocycles. The number of rotatable bonds is 0. The Morgan fingerprint density at radius 3 is 2.31 bits per heavy atom. The van der Waals surface area contributed by atoms with Crippen molar-refractivity contribution in [2.45, 2.75) is 31.3 Å². The van der Waals surface area contributed by atoms with E-state index < -0.39 is 26.1 Å². The van der Waals surface area contributed by atoms with Crippen molar-refractivity contribution in [1.82, 2.24) is 0 Å². The SMILES string of the molecule is CC1(F)CS(=O)(=O)C(C)(C)C(N)=N1. The van der Waals surface area contributed by atoms with E-state index in [4.69, 9.17) is 5.73 Å². The van der Waals surface area contributed by atoms with Crippen LogP contribution in [-0.4, -0.2) is 30.5 Å². The Hall–Kier alpha value is -0.650. The largest absolute Gasteiger partial charge is 0.386 e. The molecule has 0 aromatic rings. The van der Waals surface area contributed by atoms with Gasteiger partial charge in [-0.15, -0.1) is 0 Å². The van der Waals surface area contributed by atoms with E-state index >= 15 is 0 Å². The highest BCUT2D eigenvalue weighted by Gasteiger charge is 2.48. The van der Waals surface area contributed by atoms with Gasteiger partial charge in [0.2, 0.25) is 5.79 Å². The molecular formula is C7H13FN2O2S. The van der Waals surface area contributed by atoms with Crippen molar-refractivity contribution in [2.75, 3.05) is 5.75 Å². The van der Waals surface area contributed by atoms with Crippen molar-refractivity contribution in [3.63, 3.8) is 0 Å². The maximum Gasteiger partial charge on any atom is 0.213 e. The fourth-order valence-corrected chi connectivity index (χ4v) is 2.59. The summed E-state index contributed by atoms with van der Waals surface area (Å²) in [6.45, 7) is 3.96. The van der Waals surface area contributed by atoms with Gasteiger partial charge in [0.05, 0.1) is 0 Å². The van der Waals surface area contributed by atoms with E-state index in [9.17, 15) is 12.8 Å². The summed E-state index contributed by atoms with van der Waals surface area (Å²) >= 11 is 0. The molecule has 0 spiro atoms. The minimum absolute atomic E-state index is 0.163. The standard InChI is InChI=1S/C7H13FN2O2S/c1-6(2)5(9)10-7(3,8)4-13(6,11)12/h4H2,1-3H3,(H2,9,10). The van der Waals surface area contributed by atoms with Crippen molar-refractivity contribution in [1.29, 1.82) is 0 Å². The van der Waals surface area contributed by atoms with Crippen molar-refractivity contribution in [3.8, 4) is 0 Å². The number of alkyl halides is 1. The maximum absolute atomic E-state index is 13.3. The molecule has 0 radical (unpaired) electrons. The molecule has 0 amide bonds. The highest BCUT2D eigenvalue weighted by atomic mass is 32.2. The summed E-state index contributed by atoms with van der Waals surface area (Å²) < 4.78 is 35.1. The van der Waals surface area contributed by atoms with Crippen LogP contribution in [0.3, 0.4) is 0 Å². The van der Waals surface area contributed by atoms with Gasteiger partial charge in [-0.05, 0) is 20.8 Å². The molecule has 6 heteroatoms. The first-order chi connectivity index (χ1) is 5.58. The van der Waals surface area contributed by atoms with E-state index in [0.717, 1.165) is 6.92 Å². The van der Waals surface area contributed by atoms with Gasteiger partial charge in [-0.2, -0.15) is 0 Å². The first-order valence-corrected chi connectivity index (χ1v) is 5.51.